The highest BCUT2D eigenvalue weighted by atomic mass is 16.4. The molecule has 0 aliphatic rings. The van der Waals surface area contributed by atoms with E-state index in [1.165, 1.54) is 16.7 Å². The van der Waals surface area contributed by atoms with Gasteiger partial charge in [0.15, 0.2) is 0 Å². The van der Waals surface area contributed by atoms with Gasteiger partial charge in [0, 0.05) is 0 Å². The van der Waals surface area contributed by atoms with Crippen molar-refractivity contribution < 1.29 is 10.0 Å². The molecular weight excluding hydrogens is 211 g/mol. The molecule has 86 valence electrons. The number of hydrogen-bond acceptors (Lipinski definition) is 2. The van der Waals surface area contributed by atoms with Crippen molar-refractivity contribution >= 4 is 12.6 Å². The minimum atomic E-state index is -1.39. The molecule has 0 unspecified atom stereocenters. The molecule has 0 aliphatic carbocycles. The molecule has 2 aromatic rings. The van der Waals surface area contributed by atoms with Crippen LogP contribution in [0.2, 0.25) is 0 Å². The van der Waals surface area contributed by atoms with Gasteiger partial charge in [0.25, 0.3) is 0 Å². The Morgan fingerprint density at radius 1 is 0.824 bits per heavy atom. The van der Waals surface area contributed by atoms with Crippen LogP contribution in [0.15, 0.2) is 48.5 Å². The minimum absolute atomic E-state index is 0.526. The van der Waals surface area contributed by atoms with E-state index in [0.29, 0.717) is 5.46 Å². The molecule has 0 fully saturated rings. The highest BCUT2D eigenvalue weighted by Crippen LogP contribution is 2.09. The smallest absolute Gasteiger partial charge is 0.423 e. The average Bonchev–Trinajstić information content (AvgIpc) is 2.33. The Morgan fingerprint density at radius 2 is 1.29 bits per heavy atom. The fraction of sp³-hybridized carbons (Fsp3) is 0.143. The zero-order valence-corrected chi connectivity index (χ0v) is 9.80. The standard InChI is InChI=1S/C14H15BO2/c1-11-2-4-12(5-3-11)10-13-6-8-14(9-7-13)15(16)17/h2-9,16-17H,10H2,1H3. The average molecular weight is 226 g/mol. The van der Waals surface area contributed by atoms with Crippen molar-refractivity contribution in [3.8, 4) is 0 Å². The summed E-state index contributed by atoms with van der Waals surface area (Å²) in [6, 6.07) is 15.8. The highest BCUT2D eigenvalue weighted by molar-refractivity contribution is 6.58. The van der Waals surface area contributed by atoms with Gasteiger partial charge in [-0.25, -0.2) is 0 Å². The molecule has 0 saturated carbocycles. The van der Waals surface area contributed by atoms with Crippen LogP contribution in [0.4, 0.5) is 0 Å². The molecule has 0 heterocycles. The van der Waals surface area contributed by atoms with Crippen molar-refractivity contribution in [3.05, 3.63) is 65.2 Å². The van der Waals surface area contributed by atoms with Gasteiger partial charge < -0.3 is 10.0 Å². The van der Waals surface area contributed by atoms with Gasteiger partial charge in [-0.3, -0.25) is 0 Å². The first-order chi connectivity index (χ1) is 8.15. The number of benzene rings is 2. The van der Waals surface area contributed by atoms with Gasteiger partial charge in [0.05, 0.1) is 0 Å². The second kappa shape index (κ2) is 5.17. The van der Waals surface area contributed by atoms with Crippen LogP contribution in [-0.4, -0.2) is 17.2 Å². The normalized spacial score (nSPS) is 10.3. The Hall–Kier alpha value is -1.58. The third kappa shape index (κ3) is 3.19. The molecule has 0 radical (unpaired) electrons. The first-order valence-electron chi connectivity index (χ1n) is 5.65. The van der Waals surface area contributed by atoms with Gasteiger partial charge in [0.1, 0.15) is 0 Å². The van der Waals surface area contributed by atoms with Crippen molar-refractivity contribution in [1.82, 2.24) is 0 Å². The maximum absolute atomic E-state index is 8.99. The molecule has 3 heteroatoms. The zero-order chi connectivity index (χ0) is 12.3. The Balaban J connectivity index is 2.11. The molecule has 17 heavy (non-hydrogen) atoms. The third-order valence-corrected chi connectivity index (χ3v) is 2.81. The fourth-order valence-electron chi connectivity index (χ4n) is 1.75. The molecule has 0 aliphatic heterocycles. The summed E-state index contributed by atoms with van der Waals surface area (Å²) in [4.78, 5) is 0. The molecule has 0 saturated heterocycles. The molecule has 2 nitrogen and oxygen atoms in total. The molecule has 0 aromatic heterocycles. The van der Waals surface area contributed by atoms with Gasteiger partial charge in [0.2, 0.25) is 0 Å². The van der Waals surface area contributed by atoms with Crippen molar-refractivity contribution in [2.24, 2.45) is 0 Å². The number of rotatable bonds is 3. The van der Waals surface area contributed by atoms with E-state index in [0.717, 1.165) is 6.42 Å². The Labute approximate surface area is 102 Å². The summed E-state index contributed by atoms with van der Waals surface area (Å²) >= 11 is 0. The van der Waals surface area contributed by atoms with Crippen LogP contribution in [-0.2, 0) is 6.42 Å². The van der Waals surface area contributed by atoms with E-state index in [1.54, 1.807) is 12.1 Å². The quantitative estimate of drug-likeness (QED) is 0.773. The summed E-state index contributed by atoms with van der Waals surface area (Å²) in [5, 5.41) is 18.0. The summed E-state index contributed by atoms with van der Waals surface area (Å²) in [6.45, 7) is 2.07. The van der Waals surface area contributed by atoms with Crippen LogP contribution in [0.25, 0.3) is 0 Å². The number of hydrogen-bond donors (Lipinski definition) is 2. The summed E-state index contributed by atoms with van der Waals surface area (Å²) in [7, 11) is -1.39. The third-order valence-electron chi connectivity index (χ3n) is 2.81. The van der Waals surface area contributed by atoms with E-state index in [1.807, 2.05) is 12.1 Å². The molecule has 2 rings (SSSR count). The highest BCUT2D eigenvalue weighted by Gasteiger charge is 2.09. The Bertz CT molecular complexity index is 475. The van der Waals surface area contributed by atoms with Gasteiger partial charge >= 0.3 is 7.12 Å². The lowest BCUT2D eigenvalue weighted by Crippen LogP contribution is -2.29. The van der Waals surface area contributed by atoms with Gasteiger partial charge in [-0.1, -0.05) is 54.1 Å². The van der Waals surface area contributed by atoms with E-state index >= 15 is 0 Å². The van der Waals surface area contributed by atoms with E-state index in [-0.39, 0.29) is 0 Å². The summed E-state index contributed by atoms with van der Waals surface area (Å²) < 4.78 is 0. The zero-order valence-electron chi connectivity index (χ0n) is 9.80. The van der Waals surface area contributed by atoms with E-state index < -0.39 is 7.12 Å². The lowest BCUT2D eigenvalue weighted by molar-refractivity contribution is 0.426. The topological polar surface area (TPSA) is 40.5 Å². The van der Waals surface area contributed by atoms with Crippen molar-refractivity contribution in [1.29, 1.82) is 0 Å². The molecule has 0 bridgehead atoms. The molecule has 2 aromatic carbocycles. The first kappa shape index (κ1) is 11.9. The van der Waals surface area contributed by atoms with E-state index in [9.17, 15) is 0 Å². The largest absolute Gasteiger partial charge is 0.488 e. The lowest BCUT2D eigenvalue weighted by Gasteiger charge is -2.04. The van der Waals surface area contributed by atoms with Crippen molar-refractivity contribution in [2.75, 3.05) is 0 Å². The lowest BCUT2D eigenvalue weighted by atomic mass is 9.80. The molecule has 2 N–H and O–H groups in total. The van der Waals surface area contributed by atoms with Crippen LogP contribution in [0.5, 0.6) is 0 Å². The summed E-state index contributed by atoms with van der Waals surface area (Å²) in [5.74, 6) is 0. The number of aryl methyl sites for hydroxylation is 1. The van der Waals surface area contributed by atoms with Crippen molar-refractivity contribution in [3.63, 3.8) is 0 Å². The Morgan fingerprint density at radius 3 is 1.76 bits per heavy atom. The molecule has 0 amide bonds. The van der Waals surface area contributed by atoms with Crippen LogP contribution in [0, 0.1) is 6.92 Å². The minimum Gasteiger partial charge on any atom is -0.423 e. The van der Waals surface area contributed by atoms with Crippen LogP contribution < -0.4 is 5.46 Å². The maximum atomic E-state index is 8.99. The molecular formula is C14H15BO2. The van der Waals surface area contributed by atoms with Gasteiger partial charge in [-0.05, 0) is 29.9 Å². The maximum Gasteiger partial charge on any atom is 0.488 e. The van der Waals surface area contributed by atoms with Crippen LogP contribution >= 0.6 is 0 Å². The van der Waals surface area contributed by atoms with Gasteiger partial charge in [-0.2, -0.15) is 0 Å². The molecule has 0 atom stereocenters. The monoisotopic (exact) mass is 226 g/mol. The molecule has 0 spiro atoms. The summed E-state index contributed by atoms with van der Waals surface area (Å²) in [5.41, 5.74) is 4.20. The first-order valence-corrected chi connectivity index (χ1v) is 5.65. The Kier molecular flexibility index (Phi) is 3.62. The van der Waals surface area contributed by atoms with Crippen LogP contribution in [0.3, 0.4) is 0 Å². The van der Waals surface area contributed by atoms with E-state index in [4.69, 9.17) is 10.0 Å². The summed E-state index contributed by atoms with van der Waals surface area (Å²) in [6.07, 6.45) is 0.863. The predicted molar refractivity (Wildman–Crippen MR) is 70.3 cm³/mol. The fourth-order valence-corrected chi connectivity index (χ4v) is 1.75. The van der Waals surface area contributed by atoms with Crippen LogP contribution in [0.1, 0.15) is 16.7 Å². The predicted octanol–water partition coefficient (Wildman–Crippen LogP) is 1.27. The second-order valence-corrected chi connectivity index (χ2v) is 4.28. The van der Waals surface area contributed by atoms with Gasteiger partial charge in [-0.15, -0.1) is 0 Å². The van der Waals surface area contributed by atoms with Crippen molar-refractivity contribution in [2.45, 2.75) is 13.3 Å². The second-order valence-electron chi connectivity index (χ2n) is 4.28. The van der Waals surface area contributed by atoms with E-state index in [2.05, 4.69) is 31.2 Å². The SMILES string of the molecule is Cc1ccc(Cc2ccc(B(O)O)cc2)cc1.